The van der Waals surface area contributed by atoms with Crippen LogP contribution in [0.15, 0.2) is 24.3 Å². The Morgan fingerprint density at radius 3 is 2.81 bits per heavy atom. The summed E-state index contributed by atoms with van der Waals surface area (Å²) in [7, 11) is 0. The summed E-state index contributed by atoms with van der Waals surface area (Å²) in [5.41, 5.74) is 1.23. The molecule has 2 unspecified atom stereocenters. The third-order valence-electron chi connectivity index (χ3n) is 3.88. The van der Waals surface area contributed by atoms with E-state index in [0.717, 1.165) is 44.8 Å². The highest BCUT2D eigenvalue weighted by Crippen LogP contribution is 2.15. The van der Waals surface area contributed by atoms with Crippen LogP contribution < -0.4 is 4.74 Å². The van der Waals surface area contributed by atoms with Gasteiger partial charge in [0.15, 0.2) is 0 Å². The maximum absolute atomic E-state index is 9.30. The highest BCUT2D eigenvalue weighted by Gasteiger charge is 2.19. The lowest BCUT2D eigenvalue weighted by molar-refractivity contribution is -0.0464. The molecule has 1 aromatic rings. The second-order valence-corrected chi connectivity index (χ2v) is 5.73. The van der Waals surface area contributed by atoms with Crippen LogP contribution in [-0.2, 0) is 11.2 Å². The van der Waals surface area contributed by atoms with E-state index in [1.165, 1.54) is 5.56 Å². The summed E-state index contributed by atoms with van der Waals surface area (Å²) < 4.78 is 11.5. The van der Waals surface area contributed by atoms with E-state index >= 15 is 0 Å². The number of rotatable bonds is 7. The fourth-order valence-electron chi connectivity index (χ4n) is 2.49. The number of aryl methyl sites for hydroxylation is 1. The fraction of sp³-hybridized carbons (Fsp3) is 0.647. The van der Waals surface area contributed by atoms with Crippen molar-refractivity contribution in [2.75, 3.05) is 32.8 Å². The summed E-state index contributed by atoms with van der Waals surface area (Å²) in [6.07, 6.45) is 1.61. The van der Waals surface area contributed by atoms with Gasteiger partial charge >= 0.3 is 0 Å². The number of ether oxygens (including phenoxy) is 2. The quantitative estimate of drug-likeness (QED) is 0.836. The molecule has 118 valence electrons. The highest BCUT2D eigenvalue weighted by atomic mass is 16.5. The second-order valence-electron chi connectivity index (χ2n) is 5.73. The summed E-state index contributed by atoms with van der Waals surface area (Å²) >= 11 is 0. The molecule has 1 fully saturated rings. The molecular formula is C17H27NO3. The molecule has 0 aliphatic carbocycles. The van der Waals surface area contributed by atoms with Gasteiger partial charge in [-0.3, -0.25) is 4.90 Å². The summed E-state index contributed by atoms with van der Waals surface area (Å²) in [6.45, 7) is 8.42. The summed E-state index contributed by atoms with van der Waals surface area (Å²) in [5, 5.41) is 9.30. The Balaban J connectivity index is 1.75. The van der Waals surface area contributed by atoms with Crippen LogP contribution in [-0.4, -0.2) is 55.1 Å². The minimum absolute atomic E-state index is 0.161. The maximum atomic E-state index is 9.30. The lowest BCUT2D eigenvalue weighted by Gasteiger charge is -2.31. The van der Waals surface area contributed by atoms with Gasteiger partial charge in [0.25, 0.3) is 0 Å². The minimum atomic E-state index is -0.245. The van der Waals surface area contributed by atoms with Crippen molar-refractivity contribution in [2.45, 2.75) is 38.9 Å². The summed E-state index contributed by atoms with van der Waals surface area (Å²) in [4.78, 5) is 2.39. The van der Waals surface area contributed by atoms with Crippen LogP contribution >= 0.6 is 0 Å². The number of hydrogen-bond donors (Lipinski definition) is 1. The van der Waals surface area contributed by atoms with Crippen LogP contribution in [0.3, 0.4) is 0 Å². The van der Waals surface area contributed by atoms with Gasteiger partial charge in [0, 0.05) is 13.1 Å². The zero-order chi connectivity index (χ0) is 15.1. The molecule has 1 N–H and O–H groups in total. The summed E-state index contributed by atoms with van der Waals surface area (Å²) in [6, 6.07) is 8.13. The van der Waals surface area contributed by atoms with E-state index in [9.17, 15) is 5.11 Å². The Kier molecular flexibility index (Phi) is 6.49. The van der Waals surface area contributed by atoms with Crippen molar-refractivity contribution in [1.29, 1.82) is 0 Å². The van der Waals surface area contributed by atoms with Crippen molar-refractivity contribution in [3.05, 3.63) is 29.8 Å². The summed E-state index contributed by atoms with van der Waals surface area (Å²) in [5.74, 6) is 0.882. The molecule has 1 saturated heterocycles. The number of aliphatic hydroxyl groups excluding tert-OH is 1. The number of likely N-dealkylation sites (N-methyl/N-ethyl adjacent to an activating group) is 1. The van der Waals surface area contributed by atoms with Crippen LogP contribution in [0.5, 0.6) is 5.75 Å². The number of morpholine rings is 1. The average Bonchev–Trinajstić information content (AvgIpc) is 2.52. The Morgan fingerprint density at radius 2 is 2.14 bits per heavy atom. The molecule has 0 saturated carbocycles. The van der Waals surface area contributed by atoms with Crippen molar-refractivity contribution in [1.82, 2.24) is 4.90 Å². The number of hydrogen-bond acceptors (Lipinski definition) is 4. The molecule has 1 heterocycles. The molecule has 1 aliphatic heterocycles. The average molecular weight is 293 g/mol. The third kappa shape index (κ3) is 5.65. The molecule has 1 aromatic carbocycles. The number of benzene rings is 1. The molecule has 0 spiro atoms. The Labute approximate surface area is 127 Å². The van der Waals surface area contributed by atoms with Crippen LogP contribution in [0, 0.1) is 0 Å². The predicted molar refractivity (Wildman–Crippen MR) is 83.8 cm³/mol. The first-order chi connectivity index (χ1) is 10.2. The van der Waals surface area contributed by atoms with E-state index in [2.05, 4.69) is 24.0 Å². The fourth-order valence-corrected chi connectivity index (χ4v) is 2.49. The number of nitrogens with zero attached hydrogens (tertiary/aromatic N) is 1. The molecule has 2 atom stereocenters. The molecular weight excluding hydrogens is 266 g/mol. The van der Waals surface area contributed by atoms with E-state index in [1.807, 2.05) is 19.1 Å². The Bertz CT molecular complexity index is 405. The predicted octanol–water partition coefficient (Wildman–Crippen LogP) is 2.10. The molecule has 0 aromatic heterocycles. The van der Waals surface area contributed by atoms with E-state index < -0.39 is 0 Å². The topological polar surface area (TPSA) is 41.9 Å². The van der Waals surface area contributed by atoms with Crippen molar-refractivity contribution in [3.8, 4) is 5.75 Å². The van der Waals surface area contributed by atoms with Crippen LogP contribution in [0.1, 0.15) is 25.8 Å². The third-order valence-corrected chi connectivity index (χ3v) is 3.88. The second kappa shape index (κ2) is 8.37. The van der Waals surface area contributed by atoms with Crippen LogP contribution in [0.2, 0.25) is 0 Å². The zero-order valence-electron chi connectivity index (χ0n) is 13.1. The van der Waals surface area contributed by atoms with Crippen molar-refractivity contribution in [2.24, 2.45) is 0 Å². The molecule has 2 rings (SSSR count). The zero-order valence-corrected chi connectivity index (χ0v) is 13.1. The van der Waals surface area contributed by atoms with Gasteiger partial charge < -0.3 is 14.6 Å². The van der Waals surface area contributed by atoms with Gasteiger partial charge in [-0.05, 0) is 44.0 Å². The van der Waals surface area contributed by atoms with Gasteiger partial charge in [-0.2, -0.15) is 0 Å². The van der Waals surface area contributed by atoms with E-state index in [-0.39, 0.29) is 12.2 Å². The SMILES string of the molecule is CCN1CCOC(COc2ccc(CCC(C)O)cc2)C1. The molecule has 0 bridgehead atoms. The molecule has 0 amide bonds. The van der Waals surface area contributed by atoms with Gasteiger partial charge in [-0.15, -0.1) is 0 Å². The van der Waals surface area contributed by atoms with Crippen LogP contribution in [0.25, 0.3) is 0 Å². The van der Waals surface area contributed by atoms with E-state index in [0.29, 0.717) is 6.61 Å². The first kappa shape index (κ1) is 16.3. The molecule has 1 aliphatic rings. The van der Waals surface area contributed by atoms with Crippen molar-refractivity contribution < 1.29 is 14.6 Å². The maximum Gasteiger partial charge on any atom is 0.119 e. The van der Waals surface area contributed by atoms with Gasteiger partial charge in [0.1, 0.15) is 18.5 Å². The first-order valence-electron chi connectivity index (χ1n) is 7.91. The van der Waals surface area contributed by atoms with E-state index in [4.69, 9.17) is 9.47 Å². The Morgan fingerprint density at radius 1 is 1.38 bits per heavy atom. The van der Waals surface area contributed by atoms with Gasteiger partial charge in [-0.25, -0.2) is 0 Å². The monoisotopic (exact) mass is 293 g/mol. The van der Waals surface area contributed by atoms with Crippen molar-refractivity contribution >= 4 is 0 Å². The largest absolute Gasteiger partial charge is 0.491 e. The van der Waals surface area contributed by atoms with Gasteiger partial charge in [-0.1, -0.05) is 19.1 Å². The highest BCUT2D eigenvalue weighted by molar-refractivity contribution is 5.27. The lowest BCUT2D eigenvalue weighted by Crippen LogP contribution is -2.44. The molecule has 4 heteroatoms. The molecule has 4 nitrogen and oxygen atoms in total. The number of aliphatic hydroxyl groups is 1. The normalized spacial score (nSPS) is 21.2. The Hall–Kier alpha value is -1.10. The standard InChI is InChI=1S/C17H27NO3/c1-3-18-10-11-20-17(12-18)13-21-16-8-6-15(7-9-16)5-4-14(2)19/h6-9,14,17,19H,3-5,10-13H2,1-2H3. The van der Waals surface area contributed by atoms with Gasteiger partial charge in [0.05, 0.1) is 12.7 Å². The molecule has 21 heavy (non-hydrogen) atoms. The minimum Gasteiger partial charge on any atom is -0.491 e. The van der Waals surface area contributed by atoms with Crippen LogP contribution in [0.4, 0.5) is 0 Å². The van der Waals surface area contributed by atoms with Gasteiger partial charge in [0.2, 0.25) is 0 Å². The first-order valence-corrected chi connectivity index (χ1v) is 7.91. The molecule has 0 radical (unpaired) electrons. The van der Waals surface area contributed by atoms with E-state index in [1.54, 1.807) is 0 Å². The smallest absolute Gasteiger partial charge is 0.119 e. The van der Waals surface area contributed by atoms with Crippen molar-refractivity contribution in [3.63, 3.8) is 0 Å². The lowest BCUT2D eigenvalue weighted by atomic mass is 10.1.